The monoisotopic (exact) mass is 403 g/mol. The number of nitrogens with zero attached hydrogens (tertiary/aromatic N) is 4. The molecule has 8 heteroatoms. The first-order valence-electron chi connectivity index (χ1n) is 7.57. The van der Waals surface area contributed by atoms with E-state index in [4.69, 9.17) is 0 Å². The van der Waals surface area contributed by atoms with Gasteiger partial charge in [0.1, 0.15) is 5.01 Å². The molecule has 24 heavy (non-hydrogen) atoms. The molecule has 1 aliphatic rings. The fraction of sp³-hybridized carbons (Fsp3) is 0.250. The molecule has 0 aliphatic heterocycles. The molecule has 1 aliphatic carbocycles. The molecule has 1 fully saturated rings. The van der Waals surface area contributed by atoms with Crippen LogP contribution in [0.3, 0.4) is 0 Å². The zero-order valence-electron chi connectivity index (χ0n) is 12.9. The van der Waals surface area contributed by atoms with Gasteiger partial charge in [0.05, 0.1) is 23.1 Å². The maximum absolute atomic E-state index is 12.5. The Morgan fingerprint density at radius 2 is 2.21 bits per heavy atom. The molecule has 1 saturated carbocycles. The van der Waals surface area contributed by atoms with Crippen molar-refractivity contribution in [1.82, 2.24) is 20.0 Å². The van der Waals surface area contributed by atoms with E-state index < -0.39 is 0 Å². The molecule has 122 valence electrons. The van der Waals surface area contributed by atoms with E-state index in [9.17, 15) is 4.79 Å². The van der Waals surface area contributed by atoms with E-state index in [1.807, 2.05) is 31.2 Å². The Morgan fingerprint density at radius 3 is 2.96 bits per heavy atom. The summed E-state index contributed by atoms with van der Waals surface area (Å²) in [6.07, 6.45) is 3.91. The van der Waals surface area contributed by atoms with E-state index in [-0.39, 0.29) is 5.91 Å². The highest BCUT2D eigenvalue weighted by Crippen LogP contribution is 2.42. The molecule has 1 aromatic carbocycles. The van der Waals surface area contributed by atoms with Crippen molar-refractivity contribution in [3.05, 3.63) is 51.2 Å². The summed E-state index contributed by atoms with van der Waals surface area (Å²) in [6, 6.07) is 7.78. The second-order valence-electron chi connectivity index (χ2n) is 5.71. The van der Waals surface area contributed by atoms with Crippen LogP contribution in [0.5, 0.6) is 0 Å². The zero-order chi connectivity index (χ0) is 16.7. The molecule has 6 nitrogen and oxygen atoms in total. The number of carbonyl (C=O) groups excluding carboxylic acids is 1. The summed E-state index contributed by atoms with van der Waals surface area (Å²) in [4.78, 5) is 12.5. The van der Waals surface area contributed by atoms with Gasteiger partial charge in [-0.25, -0.2) is 4.68 Å². The van der Waals surface area contributed by atoms with Gasteiger partial charge in [-0.05, 0) is 38.0 Å². The first-order chi connectivity index (χ1) is 11.6. The molecule has 0 bridgehead atoms. The van der Waals surface area contributed by atoms with Crippen molar-refractivity contribution in [1.29, 1.82) is 0 Å². The first-order valence-corrected chi connectivity index (χ1v) is 9.18. The van der Waals surface area contributed by atoms with Crippen molar-refractivity contribution in [3.8, 4) is 5.69 Å². The quantitative estimate of drug-likeness (QED) is 0.716. The van der Waals surface area contributed by atoms with Crippen LogP contribution in [0.15, 0.2) is 34.9 Å². The van der Waals surface area contributed by atoms with Crippen LogP contribution < -0.4 is 5.32 Å². The minimum Gasteiger partial charge on any atom is -0.296 e. The van der Waals surface area contributed by atoms with Gasteiger partial charge in [-0.2, -0.15) is 5.10 Å². The summed E-state index contributed by atoms with van der Waals surface area (Å²) in [7, 11) is 0. The van der Waals surface area contributed by atoms with Crippen LogP contribution in [0, 0.1) is 6.92 Å². The molecule has 0 radical (unpaired) electrons. The lowest BCUT2D eigenvalue weighted by Crippen LogP contribution is -2.13. The Morgan fingerprint density at radius 1 is 1.38 bits per heavy atom. The number of rotatable bonds is 4. The van der Waals surface area contributed by atoms with Gasteiger partial charge in [0.15, 0.2) is 0 Å². The van der Waals surface area contributed by atoms with Crippen LogP contribution in [0.4, 0.5) is 5.13 Å². The molecule has 4 rings (SSSR count). The Balaban J connectivity index is 1.56. The average Bonchev–Trinajstić information content (AvgIpc) is 3.18. The van der Waals surface area contributed by atoms with Crippen LogP contribution in [-0.4, -0.2) is 25.9 Å². The lowest BCUT2D eigenvalue weighted by Gasteiger charge is -2.06. The van der Waals surface area contributed by atoms with E-state index in [0.29, 0.717) is 16.6 Å². The Labute approximate surface area is 151 Å². The third-order valence-electron chi connectivity index (χ3n) is 3.89. The lowest BCUT2D eigenvalue weighted by atomic mass is 10.2. The van der Waals surface area contributed by atoms with Crippen LogP contribution in [-0.2, 0) is 0 Å². The Kier molecular flexibility index (Phi) is 3.93. The molecular formula is C16H14BrN5OS. The van der Waals surface area contributed by atoms with Crippen LogP contribution in [0.2, 0.25) is 0 Å². The van der Waals surface area contributed by atoms with Crippen LogP contribution in [0.25, 0.3) is 5.69 Å². The summed E-state index contributed by atoms with van der Waals surface area (Å²) >= 11 is 4.90. The number of aromatic nitrogens is 4. The Hall–Kier alpha value is -2.06. The number of amides is 1. The van der Waals surface area contributed by atoms with Gasteiger partial charge in [0, 0.05) is 10.4 Å². The van der Waals surface area contributed by atoms with Crippen molar-refractivity contribution in [2.45, 2.75) is 25.7 Å². The fourth-order valence-corrected chi connectivity index (χ4v) is 3.74. The SMILES string of the molecule is Cc1c(C(=O)Nc2nnc(C3CC3)s2)cnn1-c1cccc(Br)c1. The average molecular weight is 404 g/mol. The van der Waals surface area contributed by atoms with Crippen molar-refractivity contribution < 1.29 is 4.79 Å². The number of benzene rings is 1. The summed E-state index contributed by atoms with van der Waals surface area (Å²) < 4.78 is 2.71. The van der Waals surface area contributed by atoms with Gasteiger partial charge in [-0.3, -0.25) is 10.1 Å². The van der Waals surface area contributed by atoms with Gasteiger partial charge >= 0.3 is 0 Å². The number of hydrogen-bond acceptors (Lipinski definition) is 5. The summed E-state index contributed by atoms with van der Waals surface area (Å²) in [5.74, 6) is 0.321. The zero-order valence-corrected chi connectivity index (χ0v) is 15.3. The highest BCUT2D eigenvalue weighted by atomic mass is 79.9. The lowest BCUT2D eigenvalue weighted by molar-refractivity contribution is 0.102. The van der Waals surface area contributed by atoms with E-state index in [1.54, 1.807) is 10.9 Å². The van der Waals surface area contributed by atoms with E-state index >= 15 is 0 Å². The predicted molar refractivity (Wildman–Crippen MR) is 95.8 cm³/mol. The third-order valence-corrected chi connectivity index (χ3v) is 5.39. The number of halogens is 1. The third kappa shape index (κ3) is 2.99. The van der Waals surface area contributed by atoms with Crippen molar-refractivity contribution in [3.63, 3.8) is 0 Å². The summed E-state index contributed by atoms with van der Waals surface area (Å²) in [6.45, 7) is 1.87. The van der Waals surface area contributed by atoms with E-state index in [0.717, 1.165) is 20.9 Å². The molecule has 0 saturated heterocycles. The molecule has 0 unspecified atom stereocenters. The number of hydrogen-bond donors (Lipinski definition) is 1. The maximum Gasteiger partial charge on any atom is 0.260 e. The second-order valence-corrected chi connectivity index (χ2v) is 7.63. The number of nitrogens with one attached hydrogen (secondary N) is 1. The van der Waals surface area contributed by atoms with Crippen molar-refractivity contribution >= 4 is 38.3 Å². The van der Waals surface area contributed by atoms with Crippen molar-refractivity contribution in [2.24, 2.45) is 0 Å². The van der Waals surface area contributed by atoms with E-state index in [2.05, 4.69) is 36.5 Å². The largest absolute Gasteiger partial charge is 0.296 e. The molecule has 0 spiro atoms. The molecule has 2 aromatic heterocycles. The summed E-state index contributed by atoms with van der Waals surface area (Å²) in [5.41, 5.74) is 2.20. The second kappa shape index (κ2) is 6.10. The van der Waals surface area contributed by atoms with E-state index in [1.165, 1.54) is 24.2 Å². The van der Waals surface area contributed by atoms with Gasteiger partial charge < -0.3 is 0 Å². The molecule has 0 atom stereocenters. The van der Waals surface area contributed by atoms with Crippen LogP contribution in [0.1, 0.15) is 39.8 Å². The molecular weight excluding hydrogens is 390 g/mol. The van der Waals surface area contributed by atoms with Gasteiger partial charge in [0.25, 0.3) is 5.91 Å². The minimum atomic E-state index is -0.216. The highest BCUT2D eigenvalue weighted by Gasteiger charge is 2.28. The maximum atomic E-state index is 12.5. The smallest absolute Gasteiger partial charge is 0.260 e. The van der Waals surface area contributed by atoms with Crippen molar-refractivity contribution in [2.75, 3.05) is 5.32 Å². The molecule has 2 heterocycles. The molecule has 3 aromatic rings. The highest BCUT2D eigenvalue weighted by molar-refractivity contribution is 9.10. The normalized spacial score (nSPS) is 13.9. The van der Waals surface area contributed by atoms with Gasteiger partial charge in [-0.1, -0.05) is 33.3 Å². The van der Waals surface area contributed by atoms with Gasteiger partial charge in [-0.15, -0.1) is 10.2 Å². The summed E-state index contributed by atoms with van der Waals surface area (Å²) in [5, 5.41) is 16.9. The number of anilines is 1. The number of carbonyl (C=O) groups is 1. The fourth-order valence-electron chi connectivity index (χ4n) is 2.45. The van der Waals surface area contributed by atoms with Crippen LogP contribution >= 0.6 is 27.3 Å². The standard InChI is InChI=1S/C16H14BrN5OS/c1-9-13(8-18-22(9)12-4-2-3-11(17)7-12)14(23)19-16-21-20-15(24-16)10-5-6-10/h2-4,7-8,10H,5-6H2,1H3,(H,19,21,23). The predicted octanol–water partition coefficient (Wildman–Crippen LogP) is 3.92. The molecule has 1 N–H and O–H groups in total. The topological polar surface area (TPSA) is 72.7 Å². The van der Waals surface area contributed by atoms with Gasteiger partial charge in [0.2, 0.25) is 5.13 Å². The molecule has 1 amide bonds. The Bertz CT molecular complexity index is 915. The first kappa shape index (κ1) is 15.5. The minimum absolute atomic E-state index is 0.216.